The quantitative estimate of drug-likeness (QED) is 0.178. The summed E-state index contributed by atoms with van der Waals surface area (Å²) in [5, 5.41) is 11.7. The van der Waals surface area contributed by atoms with Gasteiger partial charge in [-0.15, -0.1) is 0 Å². The molecule has 3 heteroatoms. The first-order valence-electron chi connectivity index (χ1n) is 19.5. The Labute approximate surface area is 328 Å². The van der Waals surface area contributed by atoms with Crippen molar-refractivity contribution in [1.29, 1.82) is 0 Å². The van der Waals surface area contributed by atoms with E-state index in [1.165, 1.54) is 60.0 Å². The lowest BCUT2D eigenvalue weighted by atomic mass is 9.98. The maximum absolute atomic E-state index is 6.79. The molecule has 266 valence electrons. The average molecular weight is 727 g/mol. The van der Waals surface area contributed by atoms with Gasteiger partial charge < -0.3 is 13.6 Å². The molecule has 57 heavy (non-hydrogen) atoms. The van der Waals surface area contributed by atoms with E-state index in [1.54, 1.807) is 0 Å². The van der Waals surface area contributed by atoms with E-state index < -0.39 is 0 Å². The van der Waals surface area contributed by atoms with E-state index in [1.807, 2.05) is 6.07 Å². The highest BCUT2D eigenvalue weighted by atomic mass is 16.3. The minimum Gasteiger partial charge on any atom is -0.456 e. The second kappa shape index (κ2) is 12.5. The van der Waals surface area contributed by atoms with Gasteiger partial charge >= 0.3 is 0 Å². The van der Waals surface area contributed by atoms with Crippen molar-refractivity contribution < 1.29 is 4.42 Å². The number of aromatic nitrogens is 2. The lowest BCUT2D eigenvalue weighted by Crippen LogP contribution is -1.94. The zero-order valence-corrected chi connectivity index (χ0v) is 30.9. The summed E-state index contributed by atoms with van der Waals surface area (Å²) in [5.41, 5.74) is 11.1. The molecular formula is C54H34N2O. The molecule has 0 fully saturated rings. The van der Waals surface area contributed by atoms with E-state index >= 15 is 0 Å². The summed E-state index contributed by atoms with van der Waals surface area (Å²) in [6.45, 7) is 0. The van der Waals surface area contributed by atoms with E-state index in [0.29, 0.717) is 0 Å². The fraction of sp³-hybridized carbons (Fsp3) is 0. The number of benzene rings is 9. The van der Waals surface area contributed by atoms with Crippen LogP contribution in [0.4, 0.5) is 0 Å². The summed E-state index contributed by atoms with van der Waals surface area (Å²) in [4.78, 5) is 0. The monoisotopic (exact) mass is 726 g/mol. The van der Waals surface area contributed by atoms with Gasteiger partial charge in [-0.05, 0) is 105 Å². The van der Waals surface area contributed by atoms with Gasteiger partial charge in [0.05, 0.1) is 22.1 Å². The Morgan fingerprint density at radius 1 is 0.246 bits per heavy atom. The molecule has 0 radical (unpaired) electrons. The maximum Gasteiger partial charge on any atom is 0.135 e. The lowest BCUT2D eigenvalue weighted by molar-refractivity contribution is 0.663. The van der Waals surface area contributed by atoms with Crippen molar-refractivity contribution in [3.8, 4) is 22.5 Å². The molecule has 3 nitrogen and oxygen atoms in total. The van der Waals surface area contributed by atoms with Crippen LogP contribution in [0.3, 0.4) is 0 Å². The minimum atomic E-state index is 0.840. The van der Waals surface area contributed by atoms with Crippen LogP contribution in [0.2, 0.25) is 0 Å². The molecule has 9 aromatic carbocycles. The molecule has 3 heterocycles. The summed E-state index contributed by atoms with van der Waals surface area (Å²) in [7, 11) is 0. The smallest absolute Gasteiger partial charge is 0.135 e. The third-order valence-electron chi connectivity index (χ3n) is 11.7. The predicted octanol–water partition coefficient (Wildman–Crippen LogP) is 14.9. The van der Waals surface area contributed by atoms with Crippen molar-refractivity contribution in [2.24, 2.45) is 0 Å². The molecule has 0 amide bonds. The predicted molar refractivity (Wildman–Crippen MR) is 240 cm³/mol. The van der Waals surface area contributed by atoms with E-state index in [2.05, 4.69) is 209 Å². The molecule has 0 unspecified atom stereocenters. The van der Waals surface area contributed by atoms with Crippen LogP contribution in [0.15, 0.2) is 211 Å². The van der Waals surface area contributed by atoms with Crippen molar-refractivity contribution >= 4 is 87.1 Å². The number of rotatable bonds is 3. The minimum absolute atomic E-state index is 0.840. The molecule has 0 aliphatic carbocycles. The van der Waals surface area contributed by atoms with E-state index in [-0.39, 0.29) is 0 Å². The van der Waals surface area contributed by atoms with Gasteiger partial charge in [0.1, 0.15) is 11.2 Å². The highest BCUT2D eigenvalue weighted by molar-refractivity contribution is 6.24. The number of hydrogen-bond donors (Lipinski definition) is 0. The summed E-state index contributed by atoms with van der Waals surface area (Å²) in [5.74, 6) is 0. The van der Waals surface area contributed by atoms with Crippen LogP contribution < -0.4 is 0 Å². The first kappa shape index (κ1) is 31.7. The Balaban J connectivity index is 1.14. The molecule has 12 aromatic rings. The van der Waals surface area contributed by atoms with Crippen LogP contribution in [0.25, 0.3) is 110 Å². The van der Waals surface area contributed by atoms with Gasteiger partial charge in [0.15, 0.2) is 0 Å². The van der Waals surface area contributed by atoms with E-state index in [4.69, 9.17) is 4.42 Å². The van der Waals surface area contributed by atoms with Gasteiger partial charge in [-0.1, -0.05) is 133 Å². The number of para-hydroxylation sites is 5. The van der Waals surface area contributed by atoms with Gasteiger partial charge in [-0.3, -0.25) is 0 Å². The van der Waals surface area contributed by atoms with Crippen LogP contribution in [0.1, 0.15) is 0 Å². The highest BCUT2D eigenvalue weighted by Crippen LogP contribution is 2.41. The Kier molecular flexibility index (Phi) is 6.93. The fourth-order valence-corrected chi connectivity index (χ4v) is 9.18. The molecule has 0 atom stereocenters. The van der Waals surface area contributed by atoms with Gasteiger partial charge in [-0.2, -0.15) is 0 Å². The fourth-order valence-electron chi connectivity index (χ4n) is 9.18. The normalized spacial score (nSPS) is 11.9. The Hall–Kier alpha value is -7.62. The van der Waals surface area contributed by atoms with Gasteiger partial charge in [0.2, 0.25) is 0 Å². The van der Waals surface area contributed by atoms with Crippen LogP contribution in [-0.2, 0) is 0 Å². The molecule has 0 bridgehead atoms. The van der Waals surface area contributed by atoms with Crippen LogP contribution in [0, 0.1) is 0 Å². The van der Waals surface area contributed by atoms with Gasteiger partial charge in [0.25, 0.3) is 0 Å². The summed E-state index contributed by atoms with van der Waals surface area (Å²) in [6.07, 6.45) is 0. The largest absolute Gasteiger partial charge is 0.456 e. The standard InChI is InChI=1S/C54H34N2O/c1-2-14-37(15-3-1)56-51-31-28-36(35-26-29-38(30-27-35)55-49-22-10-6-18-41(49)42-19-7-11-23-50(42)55)32-47(51)48-33-45-40-17-5-4-16-39(40)43-20-8-12-24-53(43)57-54-25-13-9-21-44(54)46(45)34-52(48)56/h1-34H. The Morgan fingerprint density at radius 3 is 1.35 bits per heavy atom. The van der Waals surface area contributed by atoms with Gasteiger partial charge in [-0.25, -0.2) is 0 Å². The number of hydrogen-bond acceptors (Lipinski definition) is 1. The molecular weight excluding hydrogens is 693 g/mol. The average Bonchev–Trinajstić information content (AvgIpc) is 3.80. The van der Waals surface area contributed by atoms with Crippen molar-refractivity contribution in [1.82, 2.24) is 9.13 Å². The molecule has 0 saturated carbocycles. The molecule has 0 aliphatic heterocycles. The van der Waals surface area contributed by atoms with E-state index in [0.717, 1.165) is 49.6 Å². The summed E-state index contributed by atoms with van der Waals surface area (Å²) < 4.78 is 11.6. The van der Waals surface area contributed by atoms with Crippen molar-refractivity contribution in [2.75, 3.05) is 0 Å². The maximum atomic E-state index is 6.79. The Morgan fingerprint density at radius 2 is 0.684 bits per heavy atom. The Bertz CT molecular complexity index is 3570. The molecule has 3 aromatic heterocycles. The molecule has 0 N–H and O–H groups in total. The van der Waals surface area contributed by atoms with Crippen LogP contribution >= 0.6 is 0 Å². The zero-order valence-electron chi connectivity index (χ0n) is 30.9. The van der Waals surface area contributed by atoms with Crippen molar-refractivity contribution in [3.05, 3.63) is 206 Å². The first-order valence-corrected chi connectivity index (χ1v) is 19.5. The highest BCUT2D eigenvalue weighted by Gasteiger charge is 2.17. The van der Waals surface area contributed by atoms with Crippen LogP contribution in [0.5, 0.6) is 0 Å². The summed E-state index contributed by atoms with van der Waals surface area (Å²) in [6, 6.07) is 74.4. The second-order valence-corrected chi connectivity index (χ2v) is 14.9. The number of nitrogens with zero attached hydrogens (tertiary/aromatic N) is 2. The van der Waals surface area contributed by atoms with Crippen LogP contribution in [-0.4, -0.2) is 9.13 Å². The third-order valence-corrected chi connectivity index (χ3v) is 11.7. The zero-order chi connectivity index (χ0) is 37.5. The first-order chi connectivity index (χ1) is 28.3. The lowest BCUT2D eigenvalue weighted by Gasteiger charge is -2.10. The third kappa shape index (κ3) is 4.86. The number of fused-ring (bicyclic) bond motifs is 13. The van der Waals surface area contributed by atoms with Gasteiger partial charge in [0, 0.05) is 43.7 Å². The second-order valence-electron chi connectivity index (χ2n) is 14.9. The molecule has 12 rings (SSSR count). The summed E-state index contributed by atoms with van der Waals surface area (Å²) >= 11 is 0. The van der Waals surface area contributed by atoms with Crippen molar-refractivity contribution in [2.45, 2.75) is 0 Å². The molecule has 0 saturated heterocycles. The molecule has 0 aliphatic rings. The van der Waals surface area contributed by atoms with E-state index in [9.17, 15) is 0 Å². The SMILES string of the molecule is c1ccc(-n2c3ccc(-c4ccc(-n5c6ccccc6c6ccccc65)cc4)cc3c3cc4c(cc32)c2ccccc2oc2ccccc2c2ccccc24)cc1. The van der Waals surface area contributed by atoms with Crippen molar-refractivity contribution in [3.63, 3.8) is 0 Å². The molecule has 0 spiro atoms. The topological polar surface area (TPSA) is 23.0 Å².